The molecule has 1 saturated heterocycles. The second-order valence-corrected chi connectivity index (χ2v) is 5.32. The molecule has 1 amide bonds. The van der Waals surface area contributed by atoms with E-state index in [-0.39, 0.29) is 5.91 Å². The summed E-state index contributed by atoms with van der Waals surface area (Å²) < 4.78 is 0. The lowest BCUT2D eigenvalue weighted by Gasteiger charge is -2.34. The van der Waals surface area contributed by atoms with Gasteiger partial charge in [-0.25, -0.2) is 0 Å². The first-order chi connectivity index (χ1) is 9.15. The van der Waals surface area contributed by atoms with E-state index >= 15 is 0 Å². The van der Waals surface area contributed by atoms with Gasteiger partial charge in [0.1, 0.15) is 0 Å². The number of amides is 1. The van der Waals surface area contributed by atoms with Crippen molar-refractivity contribution >= 4 is 5.91 Å². The summed E-state index contributed by atoms with van der Waals surface area (Å²) in [6, 6.07) is 6.38. The molecular weight excluding hydrogens is 236 g/mol. The highest BCUT2D eigenvalue weighted by Gasteiger charge is 2.25. The van der Waals surface area contributed by atoms with Gasteiger partial charge in [0.25, 0.3) is 5.91 Å². The number of hydrogen-bond donors (Lipinski definition) is 1. The van der Waals surface area contributed by atoms with Crippen molar-refractivity contribution < 1.29 is 4.79 Å². The largest absolute Gasteiger partial charge is 0.336 e. The molecule has 0 unspecified atom stereocenters. The number of hydrogen-bond acceptors (Lipinski definition) is 2. The fraction of sp³-hybridized carbons (Fsp3) is 0.562. The monoisotopic (exact) mass is 260 g/mol. The Balaban J connectivity index is 2.22. The fourth-order valence-corrected chi connectivity index (χ4v) is 2.82. The van der Waals surface area contributed by atoms with E-state index < -0.39 is 0 Å². The van der Waals surface area contributed by atoms with Gasteiger partial charge in [-0.3, -0.25) is 4.79 Å². The predicted molar refractivity (Wildman–Crippen MR) is 78.5 cm³/mol. The maximum atomic E-state index is 12.8. The van der Waals surface area contributed by atoms with Crippen molar-refractivity contribution in [3.63, 3.8) is 0 Å². The quantitative estimate of drug-likeness (QED) is 0.905. The number of nitrogens with one attached hydrogen (secondary N) is 1. The van der Waals surface area contributed by atoms with Gasteiger partial charge in [-0.1, -0.05) is 12.1 Å². The first kappa shape index (κ1) is 14.1. The number of carbonyl (C=O) groups excluding carboxylic acids is 1. The van der Waals surface area contributed by atoms with Crippen LogP contribution in [-0.2, 0) is 0 Å². The third kappa shape index (κ3) is 2.98. The molecule has 19 heavy (non-hydrogen) atoms. The second kappa shape index (κ2) is 6.20. The summed E-state index contributed by atoms with van der Waals surface area (Å²) in [5, 5.41) is 3.35. The smallest absolute Gasteiger partial charge is 0.254 e. The Morgan fingerprint density at radius 2 is 2.00 bits per heavy atom. The van der Waals surface area contributed by atoms with Gasteiger partial charge in [0.15, 0.2) is 0 Å². The van der Waals surface area contributed by atoms with E-state index in [1.54, 1.807) is 0 Å². The van der Waals surface area contributed by atoms with Crippen LogP contribution < -0.4 is 5.32 Å². The zero-order valence-electron chi connectivity index (χ0n) is 12.2. The second-order valence-electron chi connectivity index (χ2n) is 5.32. The summed E-state index contributed by atoms with van der Waals surface area (Å²) in [6.45, 7) is 9.00. The first-order valence-electron chi connectivity index (χ1n) is 7.23. The van der Waals surface area contributed by atoms with Gasteiger partial charge in [-0.2, -0.15) is 0 Å². The number of rotatable bonds is 3. The average Bonchev–Trinajstić information content (AvgIpc) is 2.44. The summed E-state index contributed by atoms with van der Waals surface area (Å²) in [6.07, 6.45) is 2.12. The van der Waals surface area contributed by atoms with Gasteiger partial charge in [-0.15, -0.1) is 0 Å². The van der Waals surface area contributed by atoms with Crippen LogP contribution in [0.25, 0.3) is 0 Å². The molecule has 1 N–H and O–H groups in total. The molecule has 0 aromatic heterocycles. The molecule has 1 heterocycles. The Morgan fingerprint density at radius 1 is 1.32 bits per heavy atom. The summed E-state index contributed by atoms with van der Waals surface area (Å²) in [5.74, 6) is 0.190. The molecule has 3 nitrogen and oxygen atoms in total. The van der Waals surface area contributed by atoms with Crippen LogP contribution in [0.5, 0.6) is 0 Å². The Kier molecular flexibility index (Phi) is 4.59. The predicted octanol–water partition coefficient (Wildman–Crippen LogP) is 2.52. The van der Waals surface area contributed by atoms with Crippen molar-refractivity contribution in [2.45, 2.75) is 39.7 Å². The lowest BCUT2D eigenvalue weighted by atomic mass is 9.99. The maximum Gasteiger partial charge on any atom is 0.254 e. The molecule has 104 valence electrons. The van der Waals surface area contributed by atoms with Crippen LogP contribution in [-0.4, -0.2) is 36.5 Å². The van der Waals surface area contributed by atoms with Crippen molar-refractivity contribution in [3.05, 3.63) is 34.9 Å². The highest BCUT2D eigenvalue weighted by Crippen LogP contribution is 2.19. The number of aryl methyl sites for hydroxylation is 1. The minimum absolute atomic E-state index is 0.190. The first-order valence-corrected chi connectivity index (χ1v) is 7.23. The molecule has 1 aliphatic heterocycles. The Labute approximate surface area is 116 Å². The van der Waals surface area contributed by atoms with E-state index in [0.717, 1.165) is 43.6 Å². The molecule has 0 atom stereocenters. The van der Waals surface area contributed by atoms with Crippen molar-refractivity contribution in [2.24, 2.45) is 0 Å². The zero-order valence-corrected chi connectivity index (χ0v) is 12.2. The van der Waals surface area contributed by atoms with Crippen molar-refractivity contribution in [1.29, 1.82) is 0 Å². The number of benzene rings is 1. The Bertz CT molecular complexity index is 450. The van der Waals surface area contributed by atoms with Crippen LogP contribution in [0.3, 0.4) is 0 Å². The number of carbonyl (C=O) groups is 1. The summed E-state index contributed by atoms with van der Waals surface area (Å²) >= 11 is 0. The van der Waals surface area contributed by atoms with Crippen LogP contribution in [0.4, 0.5) is 0 Å². The van der Waals surface area contributed by atoms with E-state index in [2.05, 4.69) is 25.2 Å². The van der Waals surface area contributed by atoms with Crippen molar-refractivity contribution in [3.8, 4) is 0 Å². The molecule has 0 saturated carbocycles. The topological polar surface area (TPSA) is 32.3 Å². The SMILES string of the molecule is CCN(C(=O)c1cccc(C)c1C)C1CCNCC1. The minimum Gasteiger partial charge on any atom is -0.336 e. The molecule has 0 spiro atoms. The third-order valence-electron chi connectivity index (χ3n) is 4.19. The standard InChI is InChI=1S/C16H24N2O/c1-4-18(14-8-10-17-11-9-14)16(19)15-7-5-6-12(2)13(15)3/h5-7,14,17H,4,8-11H2,1-3H3. The Morgan fingerprint density at radius 3 is 2.63 bits per heavy atom. The molecule has 0 bridgehead atoms. The third-order valence-corrected chi connectivity index (χ3v) is 4.19. The van der Waals surface area contributed by atoms with Gasteiger partial charge in [0.2, 0.25) is 0 Å². The van der Waals surface area contributed by atoms with Gasteiger partial charge in [-0.05, 0) is 63.9 Å². The fourth-order valence-electron chi connectivity index (χ4n) is 2.82. The average molecular weight is 260 g/mol. The molecule has 1 aliphatic rings. The van der Waals surface area contributed by atoms with Gasteiger partial charge >= 0.3 is 0 Å². The number of nitrogens with zero attached hydrogens (tertiary/aromatic N) is 1. The highest BCUT2D eigenvalue weighted by molar-refractivity contribution is 5.96. The van der Waals surface area contributed by atoms with Crippen molar-refractivity contribution in [1.82, 2.24) is 10.2 Å². The number of piperidine rings is 1. The summed E-state index contributed by atoms with van der Waals surface area (Å²) in [5.41, 5.74) is 3.16. The lowest BCUT2D eigenvalue weighted by molar-refractivity contribution is 0.0655. The molecule has 1 aromatic rings. The minimum atomic E-state index is 0.190. The van der Waals surface area contributed by atoms with E-state index in [9.17, 15) is 4.79 Å². The van der Waals surface area contributed by atoms with Crippen LogP contribution in [0.1, 0.15) is 41.3 Å². The van der Waals surface area contributed by atoms with E-state index in [1.165, 1.54) is 5.56 Å². The summed E-state index contributed by atoms with van der Waals surface area (Å²) in [4.78, 5) is 14.8. The molecule has 1 fully saturated rings. The Hall–Kier alpha value is -1.35. The zero-order chi connectivity index (χ0) is 13.8. The van der Waals surface area contributed by atoms with E-state index in [0.29, 0.717) is 6.04 Å². The molecule has 0 radical (unpaired) electrons. The lowest BCUT2D eigenvalue weighted by Crippen LogP contribution is -2.46. The molecular formula is C16H24N2O. The van der Waals surface area contributed by atoms with Gasteiger partial charge in [0.05, 0.1) is 0 Å². The molecule has 3 heteroatoms. The van der Waals surface area contributed by atoms with Crippen LogP contribution >= 0.6 is 0 Å². The molecule has 0 aliphatic carbocycles. The van der Waals surface area contributed by atoms with Gasteiger partial charge < -0.3 is 10.2 Å². The highest BCUT2D eigenvalue weighted by atomic mass is 16.2. The summed E-state index contributed by atoms with van der Waals surface area (Å²) in [7, 11) is 0. The van der Waals surface area contributed by atoms with Crippen molar-refractivity contribution in [2.75, 3.05) is 19.6 Å². The van der Waals surface area contributed by atoms with Crippen LogP contribution in [0, 0.1) is 13.8 Å². The van der Waals surface area contributed by atoms with Crippen LogP contribution in [0.2, 0.25) is 0 Å². The van der Waals surface area contributed by atoms with Crippen LogP contribution in [0.15, 0.2) is 18.2 Å². The van der Waals surface area contributed by atoms with E-state index in [1.807, 2.05) is 24.0 Å². The molecule has 1 aromatic carbocycles. The normalized spacial score (nSPS) is 16.4. The van der Waals surface area contributed by atoms with Gasteiger partial charge in [0, 0.05) is 18.2 Å². The van der Waals surface area contributed by atoms with E-state index in [4.69, 9.17) is 0 Å². The molecule has 2 rings (SSSR count). The maximum absolute atomic E-state index is 12.8.